The Labute approximate surface area is 166 Å². The predicted octanol–water partition coefficient (Wildman–Crippen LogP) is 6.84. The van der Waals surface area contributed by atoms with Crippen LogP contribution in [-0.4, -0.2) is 22.2 Å². The molecular formula is C23H42O4. The van der Waals surface area contributed by atoms with Crippen molar-refractivity contribution in [2.45, 2.75) is 110 Å². The van der Waals surface area contributed by atoms with Crippen molar-refractivity contribution in [3.8, 4) is 0 Å². The number of hydrogen-bond donors (Lipinski definition) is 2. The van der Waals surface area contributed by atoms with Crippen LogP contribution < -0.4 is 0 Å². The minimum atomic E-state index is -1.22. The van der Waals surface area contributed by atoms with Crippen LogP contribution in [0.25, 0.3) is 0 Å². The van der Waals surface area contributed by atoms with Crippen LogP contribution >= 0.6 is 0 Å². The van der Waals surface area contributed by atoms with E-state index in [0.29, 0.717) is 12.8 Å². The van der Waals surface area contributed by atoms with E-state index < -0.39 is 23.3 Å². The standard InChI is InChI=1S/C23H42O4/c1-4-7-9-11-13-15-17-20(21(24)25)23(18-6-3,22(26)27)19-16-14-12-10-8-5-2/h6,20H,3-5,7-19H2,1-2H3,(H,24,25)(H,26,27). The predicted molar refractivity (Wildman–Crippen MR) is 112 cm³/mol. The molecule has 0 bridgehead atoms. The first-order chi connectivity index (χ1) is 13.0. The molecule has 27 heavy (non-hydrogen) atoms. The Bertz CT molecular complexity index is 419. The fourth-order valence-corrected chi connectivity index (χ4v) is 4.01. The normalized spacial score (nSPS) is 14.4. The van der Waals surface area contributed by atoms with Gasteiger partial charge >= 0.3 is 11.9 Å². The van der Waals surface area contributed by atoms with E-state index in [2.05, 4.69) is 20.4 Å². The van der Waals surface area contributed by atoms with Gasteiger partial charge in [0.15, 0.2) is 0 Å². The number of hydrogen-bond acceptors (Lipinski definition) is 2. The number of carbonyl (C=O) groups is 2. The molecule has 0 heterocycles. The summed E-state index contributed by atoms with van der Waals surface area (Å²) in [5.74, 6) is -2.79. The molecule has 4 heteroatoms. The highest BCUT2D eigenvalue weighted by molar-refractivity contribution is 5.83. The summed E-state index contributed by atoms with van der Waals surface area (Å²) in [5, 5.41) is 19.8. The molecule has 158 valence electrons. The Morgan fingerprint density at radius 2 is 1.33 bits per heavy atom. The summed E-state index contributed by atoms with van der Waals surface area (Å²) < 4.78 is 0. The maximum absolute atomic E-state index is 12.2. The van der Waals surface area contributed by atoms with Crippen LogP contribution in [0.4, 0.5) is 0 Å². The minimum Gasteiger partial charge on any atom is -0.481 e. The van der Waals surface area contributed by atoms with Gasteiger partial charge in [0.2, 0.25) is 0 Å². The molecule has 0 radical (unpaired) electrons. The summed E-state index contributed by atoms with van der Waals surface area (Å²) in [6.07, 6.45) is 15.5. The summed E-state index contributed by atoms with van der Waals surface area (Å²) in [4.78, 5) is 24.2. The Hall–Kier alpha value is -1.32. The number of carboxylic acids is 2. The first-order valence-electron chi connectivity index (χ1n) is 11.0. The van der Waals surface area contributed by atoms with E-state index in [1.54, 1.807) is 6.08 Å². The third-order valence-corrected chi connectivity index (χ3v) is 5.72. The molecule has 0 saturated heterocycles. The largest absolute Gasteiger partial charge is 0.481 e. The molecule has 0 aliphatic heterocycles. The van der Waals surface area contributed by atoms with Crippen molar-refractivity contribution in [2.24, 2.45) is 11.3 Å². The highest BCUT2D eigenvalue weighted by Gasteiger charge is 2.47. The van der Waals surface area contributed by atoms with Gasteiger partial charge < -0.3 is 10.2 Å². The Balaban J connectivity index is 4.90. The quantitative estimate of drug-likeness (QED) is 0.189. The fourth-order valence-electron chi connectivity index (χ4n) is 4.01. The molecule has 2 N–H and O–H groups in total. The maximum Gasteiger partial charge on any atom is 0.310 e. The third kappa shape index (κ3) is 9.97. The van der Waals surface area contributed by atoms with Crippen LogP contribution in [0.1, 0.15) is 110 Å². The van der Waals surface area contributed by atoms with Crippen molar-refractivity contribution >= 4 is 11.9 Å². The summed E-state index contributed by atoms with van der Waals surface area (Å²) in [6, 6.07) is 0. The lowest BCUT2D eigenvalue weighted by molar-refractivity contribution is -0.164. The Morgan fingerprint density at radius 1 is 0.852 bits per heavy atom. The third-order valence-electron chi connectivity index (χ3n) is 5.72. The molecule has 0 aliphatic rings. The smallest absolute Gasteiger partial charge is 0.310 e. The lowest BCUT2D eigenvalue weighted by Crippen LogP contribution is -2.42. The Morgan fingerprint density at radius 3 is 1.78 bits per heavy atom. The van der Waals surface area contributed by atoms with Gasteiger partial charge in [-0.1, -0.05) is 97.0 Å². The molecule has 0 spiro atoms. The van der Waals surface area contributed by atoms with Gasteiger partial charge in [-0.15, -0.1) is 6.58 Å². The van der Waals surface area contributed by atoms with Gasteiger partial charge in [-0.3, -0.25) is 9.59 Å². The lowest BCUT2D eigenvalue weighted by atomic mass is 9.67. The molecule has 0 aromatic carbocycles. The van der Waals surface area contributed by atoms with E-state index >= 15 is 0 Å². The van der Waals surface area contributed by atoms with E-state index in [1.807, 2.05) is 0 Å². The minimum absolute atomic E-state index is 0.226. The molecule has 0 aromatic rings. The van der Waals surface area contributed by atoms with Crippen molar-refractivity contribution in [3.05, 3.63) is 12.7 Å². The van der Waals surface area contributed by atoms with E-state index in [0.717, 1.165) is 44.9 Å². The van der Waals surface area contributed by atoms with Crippen LogP contribution in [0.5, 0.6) is 0 Å². The summed E-state index contributed by atoms with van der Waals surface area (Å²) in [6.45, 7) is 8.04. The van der Waals surface area contributed by atoms with Crippen LogP contribution in [-0.2, 0) is 9.59 Å². The van der Waals surface area contributed by atoms with E-state index in [4.69, 9.17) is 0 Å². The van der Waals surface area contributed by atoms with Crippen LogP contribution in [0.2, 0.25) is 0 Å². The van der Waals surface area contributed by atoms with Crippen LogP contribution in [0.3, 0.4) is 0 Å². The second-order valence-corrected chi connectivity index (χ2v) is 7.92. The Kier molecular flexibility index (Phi) is 14.9. The summed E-state index contributed by atoms with van der Waals surface area (Å²) in [5.41, 5.74) is -1.22. The fraction of sp³-hybridized carbons (Fsp3) is 0.826. The SMILES string of the molecule is C=CCC(CCCCCCCC)(C(=O)O)C(CCCCCCCC)C(=O)O. The highest BCUT2D eigenvalue weighted by atomic mass is 16.4. The number of aliphatic carboxylic acids is 2. The number of allylic oxidation sites excluding steroid dienone is 1. The van der Waals surface area contributed by atoms with Gasteiger partial charge in [-0.05, 0) is 19.3 Å². The molecule has 0 aliphatic carbocycles. The molecule has 0 rings (SSSR count). The van der Waals surface area contributed by atoms with E-state index in [9.17, 15) is 19.8 Å². The molecule has 2 unspecified atom stereocenters. The second kappa shape index (κ2) is 15.7. The average Bonchev–Trinajstić information content (AvgIpc) is 2.62. The van der Waals surface area contributed by atoms with Crippen molar-refractivity contribution in [1.82, 2.24) is 0 Å². The zero-order valence-electron chi connectivity index (χ0n) is 17.7. The van der Waals surface area contributed by atoms with Gasteiger partial charge in [0.1, 0.15) is 0 Å². The molecule has 0 amide bonds. The lowest BCUT2D eigenvalue weighted by Gasteiger charge is -2.34. The molecule has 0 fully saturated rings. The van der Waals surface area contributed by atoms with Gasteiger partial charge in [-0.2, -0.15) is 0 Å². The molecule has 0 saturated carbocycles. The summed E-state index contributed by atoms with van der Waals surface area (Å²) in [7, 11) is 0. The van der Waals surface area contributed by atoms with Gasteiger partial charge in [-0.25, -0.2) is 0 Å². The first kappa shape index (κ1) is 25.7. The number of rotatable bonds is 19. The second-order valence-electron chi connectivity index (χ2n) is 7.92. The highest BCUT2D eigenvalue weighted by Crippen LogP contribution is 2.41. The number of unbranched alkanes of at least 4 members (excludes halogenated alkanes) is 10. The van der Waals surface area contributed by atoms with Crippen molar-refractivity contribution < 1.29 is 19.8 Å². The zero-order valence-corrected chi connectivity index (χ0v) is 17.7. The first-order valence-corrected chi connectivity index (χ1v) is 11.0. The van der Waals surface area contributed by atoms with Gasteiger partial charge in [0, 0.05) is 0 Å². The molecule has 2 atom stereocenters. The van der Waals surface area contributed by atoms with Crippen molar-refractivity contribution in [3.63, 3.8) is 0 Å². The topological polar surface area (TPSA) is 74.6 Å². The summed E-state index contributed by atoms with van der Waals surface area (Å²) >= 11 is 0. The van der Waals surface area contributed by atoms with Crippen molar-refractivity contribution in [2.75, 3.05) is 0 Å². The van der Waals surface area contributed by atoms with Crippen LogP contribution in [0.15, 0.2) is 12.7 Å². The molecule has 4 nitrogen and oxygen atoms in total. The monoisotopic (exact) mass is 382 g/mol. The maximum atomic E-state index is 12.2. The molecule has 0 aromatic heterocycles. The van der Waals surface area contributed by atoms with Gasteiger partial charge in [0.25, 0.3) is 0 Å². The average molecular weight is 383 g/mol. The van der Waals surface area contributed by atoms with Crippen molar-refractivity contribution in [1.29, 1.82) is 0 Å². The number of carboxylic acid groups (broad SMARTS) is 2. The van der Waals surface area contributed by atoms with E-state index in [1.165, 1.54) is 32.1 Å². The van der Waals surface area contributed by atoms with E-state index in [-0.39, 0.29) is 6.42 Å². The van der Waals surface area contributed by atoms with Crippen LogP contribution in [0, 0.1) is 11.3 Å². The molecular weight excluding hydrogens is 340 g/mol. The zero-order chi connectivity index (χ0) is 20.5. The van der Waals surface area contributed by atoms with Gasteiger partial charge in [0.05, 0.1) is 11.3 Å².